The second kappa shape index (κ2) is 6.87. The van der Waals surface area contributed by atoms with Crippen LogP contribution in [-0.4, -0.2) is 49.4 Å². The third-order valence-electron chi connectivity index (χ3n) is 6.02. The molecule has 4 heterocycles. The fourth-order valence-electron chi connectivity index (χ4n) is 4.35. The highest BCUT2D eigenvalue weighted by Crippen LogP contribution is 2.29. The number of piperidine rings is 1. The van der Waals surface area contributed by atoms with E-state index in [-0.39, 0.29) is 11.8 Å². The maximum atomic E-state index is 13.1. The number of benzene rings is 1. The number of Topliss-reactive ketones (excluding diaryl/α,β-unsaturated/α-hetero) is 1. The van der Waals surface area contributed by atoms with Gasteiger partial charge in [0.15, 0.2) is 11.4 Å². The number of hydrogen-bond donors (Lipinski definition) is 1. The van der Waals surface area contributed by atoms with Crippen LogP contribution in [0.3, 0.4) is 0 Å². The van der Waals surface area contributed by atoms with Crippen molar-refractivity contribution in [3.8, 4) is 0 Å². The lowest BCUT2D eigenvalue weighted by Gasteiger charge is -2.34. The van der Waals surface area contributed by atoms with Crippen LogP contribution >= 0.6 is 0 Å². The molecule has 1 N–H and O–H groups in total. The first-order valence-electron chi connectivity index (χ1n) is 9.86. The van der Waals surface area contributed by atoms with Crippen molar-refractivity contribution in [1.29, 1.82) is 0 Å². The van der Waals surface area contributed by atoms with Crippen LogP contribution in [0.1, 0.15) is 41.9 Å². The summed E-state index contributed by atoms with van der Waals surface area (Å²) in [5.74, 6) is 1.60. The molecule has 1 aliphatic rings. The molecule has 0 radical (unpaired) electrons. The lowest BCUT2D eigenvalue weighted by molar-refractivity contribution is 0.0796. The Labute approximate surface area is 163 Å². The first-order valence-corrected chi connectivity index (χ1v) is 9.86. The third-order valence-corrected chi connectivity index (χ3v) is 6.02. The molecular weight excluding hydrogens is 350 g/mol. The van der Waals surface area contributed by atoms with Gasteiger partial charge in [-0.1, -0.05) is 24.3 Å². The summed E-state index contributed by atoms with van der Waals surface area (Å²) < 4.78 is 2.08. The first kappa shape index (κ1) is 17.1. The molecule has 1 aliphatic heterocycles. The van der Waals surface area contributed by atoms with Gasteiger partial charge in [0.05, 0.1) is 6.04 Å². The van der Waals surface area contributed by atoms with Gasteiger partial charge in [-0.15, -0.1) is 10.2 Å². The molecule has 142 valence electrons. The topological polar surface area (TPSA) is 66.3 Å². The van der Waals surface area contributed by atoms with Crippen molar-refractivity contribution in [2.75, 3.05) is 13.1 Å². The number of carbonyl (C=O) groups excluding carboxylic acids is 1. The number of H-pyrrole nitrogens is 1. The Bertz CT molecular complexity index is 1140. The maximum Gasteiger partial charge on any atom is 0.181 e. The van der Waals surface area contributed by atoms with E-state index in [1.807, 2.05) is 61.8 Å². The number of likely N-dealkylation sites (tertiary alicyclic amines) is 1. The molecule has 1 atom stereocenters. The van der Waals surface area contributed by atoms with Gasteiger partial charge >= 0.3 is 0 Å². The number of nitrogens with one attached hydrogen (secondary N) is 1. The number of rotatable bonds is 4. The summed E-state index contributed by atoms with van der Waals surface area (Å²) >= 11 is 0. The molecule has 0 amide bonds. The van der Waals surface area contributed by atoms with Crippen LogP contribution in [-0.2, 0) is 0 Å². The molecule has 0 spiro atoms. The van der Waals surface area contributed by atoms with E-state index >= 15 is 0 Å². The molecule has 5 rings (SSSR count). The van der Waals surface area contributed by atoms with Crippen LogP contribution in [0.5, 0.6) is 0 Å². The second-order valence-electron chi connectivity index (χ2n) is 7.59. The van der Waals surface area contributed by atoms with E-state index < -0.39 is 0 Å². The van der Waals surface area contributed by atoms with Gasteiger partial charge in [-0.05, 0) is 51.1 Å². The van der Waals surface area contributed by atoms with Gasteiger partial charge in [-0.25, -0.2) is 0 Å². The third kappa shape index (κ3) is 2.81. The Kier molecular flexibility index (Phi) is 4.20. The highest BCUT2D eigenvalue weighted by atomic mass is 16.1. The van der Waals surface area contributed by atoms with Gasteiger partial charge in [-0.3, -0.25) is 14.1 Å². The lowest BCUT2D eigenvalue weighted by atomic mass is 9.93. The highest BCUT2D eigenvalue weighted by molar-refractivity contribution is 6.10. The van der Waals surface area contributed by atoms with E-state index in [2.05, 4.69) is 24.5 Å². The summed E-state index contributed by atoms with van der Waals surface area (Å²) in [4.78, 5) is 18.6. The molecule has 0 aliphatic carbocycles. The Morgan fingerprint density at radius 3 is 2.75 bits per heavy atom. The largest absolute Gasteiger partial charge is 0.360 e. The number of aromatic nitrogens is 4. The molecule has 1 saturated heterocycles. The van der Waals surface area contributed by atoms with E-state index in [4.69, 9.17) is 0 Å². The predicted octanol–water partition coefficient (Wildman–Crippen LogP) is 3.66. The summed E-state index contributed by atoms with van der Waals surface area (Å²) in [6.45, 7) is 3.81. The van der Waals surface area contributed by atoms with Crippen LogP contribution in [0.25, 0.3) is 16.6 Å². The van der Waals surface area contributed by atoms with Crippen molar-refractivity contribution >= 4 is 22.3 Å². The standard InChI is InChI=1S/C22H23N5O/c1-15(21(28)18-14-23-19-7-3-2-6-17(18)19)26-12-9-16(10-13-26)22-25-24-20-8-4-5-11-27(20)22/h2-8,11,14-16,23H,9-10,12-13H2,1H3. The average Bonchev–Trinajstić information content (AvgIpc) is 3.37. The zero-order valence-corrected chi connectivity index (χ0v) is 15.9. The summed E-state index contributed by atoms with van der Waals surface area (Å²) in [6.07, 6.45) is 5.85. The Morgan fingerprint density at radius 2 is 1.89 bits per heavy atom. The van der Waals surface area contributed by atoms with Gasteiger partial charge in [0, 0.05) is 34.8 Å². The smallest absolute Gasteiger partial charge is 0.181 e. The summed E-state index contributed by atoms with van der Waals surface area (Å²) in [7, 11) is 0. The molecule has 0 saturated carbocycles. The van der Waals surface area contributed by atoms with Gasteiger partial charge in [-0.2, -0.15) is 0 Å². The maximum absolute atomic E-state index is 13.1. The first-order chi connectivity index (χ1) is 13.7. The van der Waals surface area contributed by atoms with Crippen molar-refractivity contribution in [2.24, 2.45) is 0 Å². The van der Waals surface area contributed by atoms with E-state index in [0.717, 1.165) is 53.9 Å². The SMILES string of the molecule is CC(C(=O)c1c[nH]c2ccccc12)N1CCC(c2nnc3ccccn23)CC1. The van der Waals surface area contributed by atoms with Crippen LogP contribution in [0.2, 0.25) is 0 Å². The summed E-state index contributed by atoms with van der Waals surface area (Å²) in [5.41, 5.74) is 2.69. The number of para-hydroxylation sites is 1. The molecule has 1 fully saturated rings. The van der Waals surface area contributed by atoms with E-state index in [9.17, 15) is 4.79 Å². The van der Waals surface area contributed by atoms with Crippen LogP contribution in [0.4, 0.5) is 0 Å². The van der Waals surface area contributed by atoms with Crippen molar-refractivity contribution < 1.29 is 4.79 Å². The molecule has 4 aromatic rings. The molecule has 6 heteroatoms. The van der Waals surface area contributed by atoms with Gasteiger partial charge in [0.2, 0.25) is 0 Å². The zero-order valence-electron chi connectivity index (χ0n) is 15.9. The number of carbonyl (C=O) groups is 1. The number of hydrogen-bond acceptors (Lipinski definition) is 4. The van der Waals surface area contributed by atoms with E-state index in [0.29, 0.717) is 5.92 Å². The van der Waals surface area contributed by atoms with Crippen molar-refractivity contribution in [3.63, 3.8) is 0 Å². The molecule has 3 aromatic heterocycles. The lowest BCUT2D eigenvalue weighted by Crippen LogP contribution is -2.43. The van der Waals surface area contributed by atoms with Crippen molar-refractivity contribution in [3.05, 3.63) is 66.2 Å². The minimum absolute atomic E-state index is 0.129. The number of nitrogens with zero attached hydrogens (tertiary/aromatic N) is 4. The van der Waals surface area contributed by atoms with Gasteiger partial charge < -0.3 is 4.98 Å². The summed E-state index contributed by atoms with van der Waals surface area (Å²) in [6, 6.07) is 13.8. The number of fused-ring (bicyclic) bond motifs is 2. The van der Waals surface area contributed by atoms with Gasteiger partial charge in [0.1, 0.15) is 5.82 Å². The fourth-order valence-corrected chi connectivity index (χ4v) is 4.35. The van der Waals surface area contributed by atoms with Crippen LogP contribution < -0.4 is 0 Å². The second-order valence-corrected chi connectivity index (χ2v) is 7.59. The van der Waals surface area contributed by atoms with Gasteiger partial charge in [0.25, 0.3) is 0 Å². The van der Waals surface area contributed by atoms with Crippen LogP contribution in [0, 0.1) is 0 Å². The van der Waals surface area contributed by atoms with E-state index in [1.165, 1.54) is 0 Å². The monoisotopic (exact) mass is 373 g/mol. The minimum Gasteiger partial charge on any atom is -0.360 e. The number of aromatic amines is 1. The molecule has 28 heavy (non-hydrogen) atoms. The molecule has 0 bridgehead atoms. The summed E-state index contributed by atoms with van der Waals surface area (Å²) in [5, 5.41) is 9.71. The Morgan fingerprint density at radius 1 is 1.11 bits per heavy atom. The predicted molar refractivity (Wildman–Crippen MR) is 109 cm³/mol. The normalized spacial score (nSPS) is 17.3. The average molecular weight is 373 g/mol. The molecule has 1 aromatic carbocycles. The van der Waals surface area contributed by atoms with Crippen LogP contribution in [0.15, 0.2) is 54.9 Å². The number of pyridine rings is 1. The Hall–Kier alpha value is -2.99. The molecule has 1 unspecified atom stereocenters. The quantitative estimate of drug-likeness (QED) is 0.555. The molecular formula is C22H23N5O. The minimum atomic E-state index is -0.129. The fraction of sp³-hybridized carbons (Fsp3) is 0.318. The zero-order chi connectivity index (χ0) is 19.1. The molecule has 6 nitrogen and oxygen atoms in total. The van der Waals surface area contributed by atoms with Crippen molar-refractivity contribution in [2.45, 2.75) is 31.7 Å². The number of ketones is 1. The Balaban J connectivity index is 1.30. The van der Waals surface area contributed by atoms with Crippen molar-refractivity contribution in [1.82, 2.24) is 24.5 Å². The highest BCUT2D eigenvalue weighted by Gasteiger charge is 2.30. The van der Waals surface area contributed by atoms with E-state index in [1.54, 1.807) is 0 Å².